The first-order valence-electron chi connectivity index (χ1n) is 8.29. The van der Waals surface area contributed by atoms with Gasteiger partial charge >= 0.3 is 0 Å². The highest BCUT2D eigenvalue weighted by atomic mass is 16.5. The number of H-pyrrole nitrogens is 1. The molecule has 3 heterocycles. The number of hydrogen-bond acceptors (Lipinski definition) is 4. The first-order chi connectivity index (χ1) is 10.8. The van der Waals surface area contributed by atoms with Crippen molar-refractivity contribution in [3.8, 4) is 0 Å². The SMILES string of the molecule is O=C(COC[C@@H]1CCCCO1)N1CCC(c2ccn[nH]2)CC1. The van der Waals surface area contributed by atoms with Crippen molar-refractivity contribution in [1.82, 2.24) is 15.1 Å². The number of carbonyl (C=O) groups is 1. The lowest BCUT2D eigenvalue weighted by molar-refractivity contribution is -0.139. The molecule has 2 fully saturated rings. The smallest absolute Gasteiger partial charge is 0.248 e. The van der Waals surface area contributed by atoms with Crippen molar-refractivity contribution in [2.45, 2.75) is 44.1 Å². The number of nitrogens with one attached hydrogen (secondary N) is 1. The van der Waals surface area contributed by atoms with Gasteiger partial charge in [-0.3, -0.25) is 9.89 Å². The Morgan fingerprint density at radius 1 is 1.36 bits per heavy atom. The highest BCUT2D eigenvalue weighted by Crippen LogP contribution is 2.26. The van der Waals surface area contributed by atoms with Crippen LogP contribution in [0.3, 0.4) is 0 Å². The van der Waals surface area contributed by atoms with Gasteiger partial charge in [0.05, 0.1) is 12.7 Å². The van der Waals surface area contributed by atoms with Gasteiger partial charge < -0.3 is 14.4 Å². The summed E-state index contributed by atoms with van der Waals surface area (Å²) in [5.41, 5.74) is 1.18. The van der Waals surface area contributed by atoms with Crippen LogP contribution in [0.2, 0.25) is 0 Å². The van der Waals surface area contributed by atoms with E-state index in [-0.39, 0.29) is 18.6 Å². The van der Waals surface area contributed by atoms with Gasteiger partial charge in [-0.2, -0.15) is 5.10 Å². The van der Waals surface area contributed by atoms with Crippen LogP contribution in [0.1, 0.15) is 43.7 Å². The zero-order valence-electron chi connectivity index (χ0n) is 13.0. The second-order valence-electron chi connectivity index (χ2n) is 6.17. The van der Waals surface area contributed by atoms with Crippen molar-refractivity contribution in [2.75, 3.05) is 32.9 Å². The highest BCUT2D eigenvalue weighted by molar-refractivity contribution is 5.77. The molecule has 0 aromatic carbocycles. The van der Waals surface area contributed by atoms with Crippen LogP contribution in [0.4, 0.5) is 0 Å². The standard InChI is InChI=1S/C16H25N3O3/c20-16(12-21-11-14-3-1-2-10-22-14)19-8-5-13(6-9-19)15-4-7-17-18-15/h4,7,13-14H,1-3,5-6,8-12H2,(H,17,18)/t14-/m0/s1. The largest absolute Gasteiger partial charge is 0.376 e. The summed E-state index contributed by atoms with van der Waals surface area (Å²) in [6.07, 6.45) is 7.31. The number of amides is 1. The lowest BCUT2D eigenvalue weighted by Gasteiger charge is -2.31. The summed E-state index contributed by atoms with van der Waals surface area (Å²) in [5.74, 6) is 0.585. The van der Waals surface area contributed by atoms with Crippen LogP contribution in [0.25, 0.3) is 0 Å². The molecule has 0 radical (unpaired) electrons. The molecule has 22 heavy (non-hydrogen) atoms. The van der Waals surface area contributed by atoms with Gasteiger partial charge in [-0.05, 0) is 38.2 Å². The van der Waals surface area contributed by atoms with Gasteiger partial charge in [0, 0.05) is 37.5 Å². The van der Waals surface area contributed by atoms with E-state index in [9.17, 15) is 4.79 Å². The zero-order valence-corrected chi connectivity index (χ0v) is 13.0. The molecule has 2 aliphatic heterocycles. The van der Waals surface area contributed by atoms with E-state index in [1.165, 1.54) is 12.1 Å². The molecule has 1 N–H and O–H groups in total. The molecule has 6 nitrogen and oxygen atoms in total. The molecule has 1 aromatic heterocycles. The quantitative estimate of drug-likeness (QED) is 0.899. The molecule has 122 valence electrons. The first-order valence-corrected chi connectivity index (χ1v) is 8.29. The molecule has 6 heteroatoms. The van der Waals surface area contributed by atoms with E-state index in [0.717, 1.165) is 45.4 Å². The molecule has 0 aliphatic carbocycles. The van der Waals surface area contributed by atoms with Gasteiger partial charge in [-0.1, -0.05) is 0 Å². The molecule has 1 aromatic rings. The maximum Gasteiger partial charge on any atom is 0.248 e. The second-order valence-corrected chi connectivity index (χ2v) is 6.17. The molecule has 0 bridgehead atoms. The van der Waals surface area contributed by atoms with Crippen molar-refractivity contribution in [3.05, 3.63) is 18.0 Å². The van der Waals surface area contributed by atoms with Crippen LogP contribution < -0.4 is 0 Å². The molecule has 2 aliphatic rings. The number of nitrogens with zero attached hydrogens (tertiary/aromatic N) is 2. The average molecular weight is 307 g/mol. The highest BCUT2D eigenvalue weighted by Gasteiger charge is 2.24. The van der Waals surface area contributed by atoms with E-state index in [4.69, 9.17) is 9.47 Å². The van der Waals surface area contributed by atoms with E-state index in [1.54, 1.807) is 6.20 Å². The Balaban J connectivity index is 1.35. The van der Waals surface area contributed by atoms with Crippen LogP contribution in [0, 0.1) is 0 Å². The van der Waals surface area contributed by atoms with Crippen molar-refractivity contribution < 1.29 is 14.3 Å². The molecule has 0 unspecified atom stereocenters. The lowest BCUT2D eigenvalue weighted by atomic mass is 9.94. The number of likely N-dealkylation sites (tertiary alicyclic amines) is 1. The number of ether oxygens (including phenoxy) is 2. The Kier molecular flexibility index (Phi) is 5.45. The van der Waals surface area contributed by atoms with Gasteiger partial charge in [0.25, 0.3) is 0 Å². The fourth-order valence-corrected chi connectivity index (χ4v) is 3.24. The van der Waals surface area contributed by atoms with E-state index in [0.29, 0.717) is 12.5 Å². The van der Waals surface area contributed by atoms with Crippen molar-refractivity contribution in [3.63, 3.8) is 0 Å². The molecule has 0 saturated carbocycles. The minimum Gasteiger partial charge on any atom is -0.376 e. The molecule has 0 spiro atoms. The monoisotopic (exact) mass is 307 g/mol. The maximum atomic E-state index is 12.2. The lowest BCUT2D eigenvalue weighted by Crippen LogP contribution is -2.40. The van der Waals surface area contributed by atoms with E-state index in [2.05, 4.69) is 10.2 Å². The van der Waals surface area contributed by atoms with Crippen LogP contribution in [0.5, 0.6) is 0 Å². The van der Waals surface area contributed by atoms with Crippen molar-refractivity contribution >= 4 is 5.91 Å². The molecule has 1 amide bonds. The Labute approximate surface area is 131 Å². The predicted octanol–water partition coefficient (Wildman–Crippen LogP) is 1.70. The Morgan fingerprint density at radius 2 is 2.23 bits per heavy atom. The number of hydrogen-bond donors (Lipinski definition) is 1. The molecule has 3 rings (SSSR count). The molecule has 1 atom stereocenters. The Hall–Kier alpha value is -1.40. The minimum absolute atomic E-state index is 0.0962. The van der Waals surface area contributed by atoms with Crippen LogP contribution >= 0.6 is 0 Å². The Morgan fingerprint density at radius 3 is 2.91 bits per heavy atom. The first kappa shape index (κ1) is 15.5. The van der Waals surface area contributed by atoms with Gasteiger partial charge in [-0.25, -0.2) is 0 Å². The third-order valence-electron chi connectivity index (χ3n) is 4.61. The van der Waals surface area contributed by atoms with Gasteiger partial charge in [0.2, 0.25) is 5.91 Å². The predicted molar refractivity (Wildman–Crippen MR) is 81.6 cm³/mol. The topological polar surface area (TPSA) is 67.5 Å². The second kappa shape index (κ2) is 7.74. The van der Waals surface area contributed by atoms with E-state index >= 15 is 0 Å². The summed E-state index contributed by atoms with van der Waals surface area (Å²) in [5, 5.41) is 7.03. The number of carbonyl (C=O) groups excluding carboxylic acids is 1. The third kappa shape index (κ3) is 4.08. The molecule has 2 saturated heterocycles. The normalized spacial score (nSPS) is 23.6. The average Bonchev–Trinajstić information content (AvgIpc) is 3.10. The van der Waals surface area contributed by atoms with Crippen LogP contribution in [-0.4, -0.2) is 60.0 Å². The fraction of sp³-hybridized carbons (Fsp3) is 0.750. The number of piperidine rings is 1. The van der Waals surface area contributed by atoms with Gasteiger partial charge in [-0.15, -0.1) is 0 Å². The summed E-state index contributed by atoms with van der Waals surface area (Å²) >= 11 is 0. The summed E-state index contributed by atoms with van der Waals surface area (Å²) in [6.45, 7) is 3.13. The summed E-state index contributed by atoms with van der Waals surface area (Å²) in [6, 6.07) is 2.02. The number of aromatic amines is 1. The van der Waals surface area contributed by atoms with E-state index in [1.807, 2.05) is 11.0 Å². The van der Waals surface area contributed by atoms with Gasteiger partial charge in [0.1, 0.15) is 6.61 Å². The molecular weight excluding hydrogens is 282 g/mol. The third-order valence-corrected chi connectivity index (χ3v) is 4.61. The summed E-state index contributed by atoms with van der Waals surface area (Å²) in [7, 11) is 0. The molecular formula is C16H25N3O3. The fourth-order valence-electron chi connectivity index (χ4n) is 3.24. The zero-order chi connectivity index (χ0) is 15.2. The minimum atomic E-state index is 0.0962. The maximum absolute atomic E-state index is 12.2. The number of rotatable bonds is 5. The number of aromatic nitrogens is 2. The Bertz CT molecular complexity index is 449. The van der Waals surface area contributed by atoms with Crippen LogP contribution in [-0.2, 0) is 14.3 Å². The van der Waals surface area contributed by atoms with Crippen molar-refractivity contribution in [1.29, 1.82) is 0 Å². The van der Waals surface area contributed by atoms with Crippen molar-refractivity contribution in [2.24, 2.45) is 0 Å². The summed E-state index contributed by atoms with van der Waals surface area (Å²) in [4.78, 5) is 14.1. The van der Waals surface area contributed by atoms with Gasteiger partial charge in [0.15, 0.2) is 0 Å². The summed E-state index contributed by atoms with van der Waals surface area (Å²) < 4.78 is 11.2. The van der Waals surface area contributed by atoms with Crippen LogP contribution in [0.15, 0.2) is 12.3 Å². The van der Waals surface area contributed by atoms with E-state index < -0.39 is 0 Å².